The maximum atomic E-state index is 12.5. The first-order chi connectivity index (χ1) is 14.9. The highest BCUT2D eigenvalue weighted by atomic mass is 16.6. The Labute approximate surface area is 179 Å². The number of nitrogens with zero attached hydrogens (tertiary/aromatic N) is 2. The number of carbonyl (C=O) groups is 1. The van der Waals surface area contributed by atoms with Crippen LogP contribution < -0.4 is 10.1 Å². The number of hydrogen-bond donors (Lipinski definition) is 2. The van der Waals surface area contributed by atoms with E-state index in [-0.39, 0.29) is 35.3 Å². The Bertz CT molecular complexity index is 1160. The van der Waals surface area contributed by atoms with Gasteiger partial charge in [0.05, 0.1) is 23.3 Å². The number of ether oxygens (including phenoxy) is 1. The van der Waals surface area contributed by atoms with Crippen molar-refractivity contribution in [3.8, 4) is 11.5 Å². The number of nitro groups is 1. The fourth-order valence-electron chi connectivity index (χ4n) is 2.92. The molecule has 0 fully saturated rings. The van der Waals surface area contributed by atoms with Crippen molar-refractivity contribution in [1.29, 1.82) is 0 Å². The third kappa shape index (κ3) is 5.24. The fourth-order valence-corrected chi connectivity index (χ4v) is 2.92. The summed E-state index contributed by atoms with van der Waals surface area (Å²) in [6, 6.07) is 16.5. The largest absolute Gasteiger partial charge is 0.504 e. The molecule has 31 heavy (non-hydrogen) atoms. The number of rotatable bonds is 7. The first-order valence-electron chi connectivity index (χ1n) is 9.54. The normalized spacial score (nSPS) is 10.8. The van der Waals surface area contributed by atoms with Crippen LogP contribution in [0, 0.1) is 17.0 Å². The number of benzene rings is 3. The second kappa shape index (κ2) is 9.53. The first-order valence-corrected chi connectivity index (χ1v) is 9.54. The Morgan fingerprint density at radius 2 is 1.97 bits per heavy atom. The Kier molecular flexibility index (Phi) is 6.61. The number of aromatic hydroxyl groups is 1. The van der Waals surface area contributed by atoms with Gasteiger partial charge in [-0.25, -0.2) is 0 Å². The molecule has 0 atom stereocenters. The topological polar surface area (TPSA) is 114 Å². The van der Waals surface area contributed by atoms with Crippen molar-refractivity contribution in [3.63, 3.8) is 0 Å². The first kappa shape index (κ1) is 21.5. The molecule has 0 heterocycles. The number of nitro benzene ring substituents is 1. The highest BCUT2D eigenvalue weighted by Gasteiger charge is 2.16. The van der Waals surface area contributed by atoms with E-state index in [0.717, 1.165) is 11.6 Å². The number of aliphatic imine (C=N–C) groups is 1. The maximum absolute atomic E-state index is 12.5. The molecule has 158 valence electrons. The third-order valence-corrected chi connectivity index (χ3v) is 4.45. The van der Waals surface area contributed by atoms with Crippen molar-refractivity contribution in [3.05, 3.63) is 87.5 Å². The number of carbonyl (C=O) groups excluding carboxylic acids is 1. The molecule has 8 heteroatoms. The standard InChI is InChI=1S/C23H21N3O5/c1-3-31-21-13-19(26(29)30)11-16(22(21)27)14-24-17-8-6-9-18(12-17)25-23(28)20-10-5-4-7-15(20)2/h4-14,27H,3H2,1-2H3,(H,25,28). The number of nitrogens with one attached hydrogen (secondary N) is 1. The van der Waals surface area contributed by atoms with Gasteiger partial charge in [-0.1, -0.05) is 24.3 Å². The molecule has 2 N–H and O–H groups in total. The zero-order valence-electron chi connectivity index (χ0n) is 17.0. The van der Waals surface area contributed by atoms with E-state index >= 15 is 0 Å². The zero-order valence-corrected chi connectivity index (χ0v) is 17.0. The lowest BCUT2D eigenvalue weighted by atomic mass is 10.1. The van der Waals surface area contributed by atoms with Crippen LogP contribution in [0.2, 0.25) is 0 Å². The molecular weight excluding hydrogens is 398 g/mol. The molecule has 3 aromatic rings. The summed E-state index contributed by atoms with van der Waals surface area (Å²) in [5, 5.41) is 24.3. The van der Waals surface area contributed by atoms with Crippen LogP contribution in [-0.2, 0) is 0 Å². The predicted octanol–water partition coefficient (Wildman–Crippen LogP) is 5.01. The van der Waals surface area contributed by atoms with E-state index in [4.69, 9.17) is 4.74 Å². The van der Waals surface area contributed by atoms with Crippen LogP contribution in [0.3, 0.4) is 0 Å². The molecule has 0 aliphatic carbocycles. The molecule has 0 saturated carbocycles. The minimum atomic E-state index is -0.568. The van der Waals surface area contributed by atoms with Crippen LogP contribution >= 0.6 is 0 Å². The minimum Gasteiger partial charge on any atom is -0.504 e. The third-order valence-electron chi connectivity index (χ3n) is 4.45. The van der Waals surface area contributed by atoms with Gasteiger partial charge in [0.15, 0.2) is 11.5 Å². The van der Waals surface area contributed by atoms with E-state index < -0.39 is 4.92 Å². The predicted molar refractivity (Wildman–Crippen MR) is 119 cm³/mol. The minimum absolute atomic E-state index is 0.0115. The van der Waals surface area contributed by atoms with Gasteiger partial charge >= 0.3 is 0 Å². The van der Waals surface area contributed by atoms with Gasteiger partial charge in [0.2, 0.25) is 0 Å². The summed E-state index contributed by atoms with van der Waals surface area (Å²) in [6.45, 7) is 3.81. The van der Waals surface area contributed by atoms with Gasteiger partial charge in [0.1, 0.15) is 0 Å². The average Bonchev–Trinajstić information content (AvgIpc) is 2.74. The van der Waals surface area contributed by atoms with Crippen LogP contribution in [0.5, 0.6) is 11.5 Å². The smallest absolute Gasteiger partial charge is 0.274 e. The van der Waals surface area contributed by atoms with Gasteiger partial charge in [0.25, 0.3) is 11.6 Å². The molecule has 0 aliphatic heterocycles. The molecule has 0 spiro atoms. The van der Waals surface area contributed by atoms with Gasteiger partial charge in [-0.15, -0.1) is 0 Å². The van der Waals surface area contributed by atoms with Crippen molar-refractivity contribution in [2.75, 3.05) is 11.9 Å². The van der Waals surface area contributed by atoms with E-state index in [1.54, 1.807) is 43.3 Å². The summed E-state index contributed by atoms with van der Waals surface area (Å²) in [5.74, 6) is -0.463. The quantitative estimate of drug-likeness (QED) is 0.317. The summed E-state index contributed by atoms with van der Waals surface area (Å²) >= 11 is 0. The van der Waals surface area contributed by atoms with Crippen LogP contribution in [0.15, 0.2) is 65.7 Å². The molecule has 0 aliphatic rings. The van der Waals surface area contributed by atoms with E-state index in [2.05, 4.69) is 10.3 Å². The van der Waals surface area contributed by atoms with Gasteiger partial charge in [-0.3, -0.25) is 19.9 Å². The van der Waals surface area contributed by atoms with E-state index in [1.807, 2.05) is 19.1 Å². The number of phenols is 1. The molecule has 8 nitrogen and oxygen atoms in total. The summed E-state index contributed by atoms with van der Waals surface area (Å²) in [7, 11) is 0. The number of aryl methyl sites for hydroxylation is 1. The zero-order chi connectivity index (χ0) is 22.4. The lowest BCUT2D eigenvalue weighted by molar-refractivity contribution is -0.385. The Morgan fingerprint density at radius 1 is 1.19 bits per heavy atom. The fraction of sp³-hybridized carbons (Fsp3) is 0.130. The van der Waals surface area contributed by atoms with Crippen molar-refractivity contribution in [2.45, 2.75) is 13.8 Å². The van der Waals surface area contributed by atoms with E-state index in [0.29, 0.717) is 16.9 Å². The summed E-state index contributed by atoms with van der Waals surface area (Å²) in [4.78, 5) is 27.4. The summed E-state index contributed by atoms with van der Waals surface area (Å²) in [5.41, 5.74) is 2.39. The highest BCUT2D eigenvalue weighted by Crippen LogP contribution is 2.34. The van der Waals surface area contributed by atoms with E-state index in [9.17, 15) is 20.0 Å². The van der Waals surface area contributed by atoms with Gasteiger partial charge in [0, 0.05) is 29.1 Å². The number of hydrogen-bond acceptors (Lipinski definition) is 6. The van der Waals surface area contributed by atoms with E-state index in [1.165, 1.54) is 12.3 Å². The Balaban J connectivity index is 1.85. The molecule has 3 rings (SSSR count). The number of amides is 1. The van der Waals surface area contributed by atoms with Crippen molar-refractivity contribution < 1.29 is 19.6 Å². The molecule has 0 aromatic heterocycles. The Morgan fingerprint density at radius 3 is 2.68 bits per heavy atom. The molecular formula is C23H21N3O5. The van der Waals surface area contributed by atoms with Crippen molar-refractivity contribution >= 4 is 29.2 Å². The average molecular weight is 419 g/mol. The molecule has 0 unspecified atom stereocenters. The molecule has 1 amide bonds. The van der Waals surface area contributed by atoms with Crippen molar-refractivity contribution in [1.82, 2.24) is 0 Å². The molecule has 0 saturated heterocycles. The maximum Gasteiger partial charge on any atom is 0.274 e. The lowest BCUT2D eigenvalue weighted by Gasteiger charge is -2.09. The van der Waals surface area contributed by atoms with Crippen LogP contribution in [0.4, 0.5) is 17.1 Å². The molecule has 3 aromatic carbocycles. The molecule has 0 bridgehead atoms. The number of non-ortho nitro benzene ring substituents is 1. The van der Waals surface area contributed by atoms with Crippen LogP contribution in [-0.4, -0.2) is 28.8 Å². The SMILES string of the molecule is CCOc1cc([N+](=O)[O-])cc(C=Nc2cccc(NC(=O)c3ccccc3C)c2)c1O. The second-order valence-electron chi connectivity index (χ2n) is 6.65. The second-order valence-corrected chi connectivity index (χ2v) is 6.65. The Hall–Kier alpha value is -4.20. The lowest BCUT2D eigenvalue weighted by Crippen LogP contribution is -2.13. The summed E-state index contributed by atoms with van der Waals surface area (Å²) in [6.07, 6.45) is 1.31. The monoisotopic (exact) mass is 419 g/mol. The summed E-state index contributed by atoms with van der Waals surface area (Å²) < 4.78 is 5.27. The van der Waals surface area contributed by atoms with Crippen molar-refractivity contribution in [2.24, 2.45) is 4.99 Å². The number of anilines is 1. The van der Waals surface area contributed by atoms with Gasteiger partial charge < -0.3 is 15.2 Å². The van der Waals surface area contributed by atoms with Gasteiger partial charge in [-0.2, -0.15) is 0 Å². The van der Waals surface area contributed by atoms with Crippen LogP contribution in [0.25, 0.3) is 0 Å². The number of phenolic OH excluding ortho intramolecular Hbond substituents is 1. The molecule has 0 radical (unpaired) electrons. The highest BCUT2D eigenvalue weighted by molar-refractivity contribution is 6.05. The van der Waals surface area contributed by atoms with Crippen LogP contribution in [0.1, 0.15) is 28.4 Å². The van der Waals surface area contributed by atoms with Gasteiger partial charge in [-0.05, 0) is 43.7 Å².